The van der Waals surface area contributed by atoms with Gasteiger partial charge in [0.2, 0.25) is 15.9 Å². The first-order valence-electron chi connectivity index (χ1n) is 9.69. The summed E-state index contributed by atoms with van der Waals surface area (Å²) in [4.78, 5) is 36.8. The maximum absolute atomic E-state index is 13.1. The smallest absolute Gasteiger partial charge is 0.414 e. The Morgan fingerprint density at radius 2 is 1.90 bits per heavy atom. The Hall–Kier alpha value is -2.76. The summed E-state index contributed by atoms with van der Waals surface area (Å²) in [6, 6.07) is 7.03. The summed E-state index contributed by atoms with van der Waals surface area (Å²) in [5, 5.41) is 6.53. The summed E-state index contributed by atoms with van der Waals surface area (Å²) in [5.74, 6) is -1.24. The summed E-state index contributed by atoms with van der Waals surface area (Å²) >= 11 is 1.10. The first-order valence-corrected chi connectivity index (χ1v) is 12.0. The van der Waals surface area contributed by atoms with Crippen LogP contribution in [-0.4, -0.2) is 49.8 Å². The van der Waals surface area contributed by atoms with Crippen molar-refractivity contribution in [2.45, 2.75) is 37.6 Å². The fraction of sp³-hybridized carbons (Fsp3) is 0.350. The molecule has 1 aliphatic rings. The number of sulfonamides is 1. The van der Waals surface area contributed by atoms with Gasteiger partial charge in [0.05, 0.1) is 17.1 Å². The van der Waals surface area contributed by atoms with Crippen molar-refractivity contribution in [3.63, 3.8) is 0 Å². The second kappa shape index (κ2) is 9.58. The third kappa shape index (κ3) is 5.12. The van der Waals surface area contributed by atoms with Crippen molar-refractivity contribution in [2.75, 3.05) is 18.5 Å². The molecule has 1 unspecified atom stereocenters. The fourth-order valence-corrected chi connectivity index (χ4v) is 5.69. The van der Waals surface area contributed by atoms with Crippen LogP contribution in [0.3, 0.4) is 0 Å². The van der Waals surface area contributed by atoms with E-state index in [0.717, 1.165) is 16.9 Å². The fourth-order valence-electron chi connectivity index (χ4n) is 3.24. The molecule has 9 nitrogen and oxygen atoms in total. The number of carbonyl (C=O) groups excluding carboxylic acids is 3. The number of hydrogen-bond acceptors (Lipinski definition) is 7. The summed E-state index contributed by atoms with van der Waals surface area (Å²) in [5.41, 5.74) is 1.03. The molecular weight excluding hydrogens is 442 g/mol. The average molecular weight is 466 g/mol. The molecule has 31 heavy (non-hydrogen) atoms. The van der Waals surface area contributed by atoms with Crippen LogP contribution in [0.5, 0.6) is 0 Å². The summed E-state index contributed by atoms with van der Waals surface area (Å²) in [6.45, 7) is 3.81. The lowest BCUT2D eigenvalue weighted by Gasteiger charge is -2.23. The zero-order valence-electron chi connectivity index (χ0n) is 17.1. The van der Waals surface area contributed by atoms with Gasteiger partial charge in [0.25, 0.3) is 5.91 Å². The molecule has 0 spiro atoms. The number of benzene rings is 1. The molecule has 166 valence electrons. The monoisotopic (exact) mass is 465 g/mol. The number of ether oxygens (including phenoxy) is 1. The molecule has 1 atom stereocenters. The van der Waals surface area contributed by atoms with Gasteiger partial charge in [-0.05, 0) is 50.3 Å². The van der Waals surface area contributed by atoms with Gasteiger partial charge in [-0.15, -0.1) is 11.3 Å². The number of thiophene rings is 1. The third-order valence-electron chi connectivity index (χ3n) is 4.77. The highest BCUT2D eigenvalue weighted by Gasteiger charge is 2.39. The van der Waals surface area contributed by atoms with Gasteiger partial charge in [-0.1, -0.05) is 17.7 Å². The van der Waals surface area contributed by atoms with Crippen LogP contribution >= 0.6 is 11.3 Å². The molecule has 0 radical (unpaired) electrons. The van der Waals surface area contributed by atoms with E-state index in [0.29, 0.717) is 12.8 Å². The Kier molecular flexibility index (Phi) is 7.08. The van der Waals surface area contributed by atoms with E-state index in [1.165, 1.54) is 22.5 Å². The van der Waals surface area contributed by atoms with Crippen LogP contribution < -0.4 is 10.6 Å². The second-order valence-corrected chi connectivity index (χ2v) is 9.72. The summed E-state index contributed by atoms with van der Waals surface area (Å²) < 4.78 is 32.0. The second-order valence-electron chi connectivity index (χ2n) is 6.91. The molecule has 0 bridgehead atoms. The van der Waals surface area contributed by atoms with Crippen molar-refractivity contribution in [3.05, 3.63) is 46.8 Å². The predicted molar refractivity (Wildman–Crippen MR) is 116 cm³/mol. The highest BCUT2D eigenvalue weighted by Crippen LogP contribution is 2.29. The Bertz CT molecular complexity index is 1080. The first kappa shape index (κ1) is 22.9. The number of carbonyl (C=O) groups is 3. The van der Waals surface area contributed by atoms with Gasteiger partial charge in [-0.25, -0.2) is 13.2 Å². The van der Waals surface area contributed by atoms with E-state index < -0.39 is 34.0 Å². The van der Waals surface area contributed by atoms with Crippen LogP contribution in [0.15, 0.2) is 40.6 Å². The Balaban J connectivity index is 1.75. The van der Waals surface area contributed by atoms with Crippen LogP contribution in [0, 0.1) is 6.92 Å². The van der Waals surface area contributed by atoms with Crippen molar-refractivity contribution < 1.29 is 27.5 Å². The van der Waals surface area contributed by atoms with Crippen LogP contribution in [-0.2, 0) is 19.6 Å². The molecule has 1 aliphatic heterocycles. The lowest BCUT2D eigenvalue weighted by molar-refractivity contribution is -0.119. The van der Waals surface area contributed by atoms with Crippen LogP contribution in [0.1, 0.15) is 35.7 Å². The molecule has 0 saturated carbocycles. The quantitative estimate of drug-likeness (QED) is 0.676. The molecule has 1 fully saturated rings. The lowest BCUT2D eigenvalue weighted by atomic mass is 10.2. The summed E-state index contributed by atoms with van der Waals surface area (Å²) in [6.07, 6.45) is 0.0263. The molecular formula is C20H23N3O6S2. The minimum atomic E-state index is -3.84. The maximum atomic E-state index is 13.1. The number of nitrogens with zero attached hydrogens (tertiary/aromatic N) is 1. The average Bonchev–Trinajstić information content (AvgIpc) is 3.38. The predicted octanol–water partition coefficient (Wildman–Crippen LogP) is 2.73. The Morgan fingerprint density at radius 3 is 2.58 bits per heavy atom. The Morgan fingerprint density at radius 1 is 1.19 bits per heavy atom. The number of anilines is 1. The molecule has 2 aromatic rings. The van der Waals surface area contributed by atoms with Gasteiger partial charge < -0.3 is 10.1 Å². The molecule has 11 heteroatoms. The number of alkyl carbamates (subject to hydrolysis) is 1. The molecule has 3 rings (SSSR count). The van der Waals surface area contributed by atoms with Crippen molar-refractivity contribution in [1.82, 2.24) is 9.62 Å². The van der Waals surface area contributed by atoms with Crippen molar-refractivity contribution in [2.24, 2.45) is 0 Å². The molecule has 2 N–H and O–H groups in total. The molecule has 1 aromatic heterocycles. The number of aryl methyl sites for hydroxylation is 1. The van der Waals surface area contributed by atoms with Crippen molar-refractivity contribution in [3.8, 4) is 0 Å². The van der Waals surface area contributed by atoms with Gasteiger partial charge in [0.1, 0.15) is 11.0 Å². The van der Waals surface area contributed by atoms with E-state index in [1.54, 1.807) is 24.4 Å². The number of amides is 3. The van der Waals surface area contributed by atoms with E-state index in [4.69, 9.17) is 0 Å². The van der Waals surface area contributed by atoms with E-state index in [-0.39, 0.29) is 28.6 Å². The van der Waals surface area contributed by atoms with Gasteiger partial charge in [-0.3, -0.25) is 14.9 Å². The first-order chi connectivity index (χ1) is 14.7. The standard InChI is InChI=1S/C20H23N3O6S2/c1-3-29-20(26)22-17(24)15-10-12-30-19(15)21-18(25)16-5-4-11-23(16)31(27,28)14-8-6-13(2)7-9-14/h6-10,12,16H,3-5,11H2,1-2H3,(H,21,25)(H,22,24,26). The van der Waals surface area contributed by atoms with E-state index in [1.807, 2.05) is 6.92 Å². The van der Waals surface area contributed by atoms with E-state index in [2.05, 4.69) is 15.4 Å². The SMILES string of the molecule is CCOC(=O)NC(=O)c1ccsc1NC(=O)C1CCCN1S(=O)(=O)c1ccc(C)cc1. The molecule has 1 aromatic carbocycles. The number of imide groups is 1. The van der Waals surface area contributed by atoms with Crippen molar-refractivity contribution >= 4 is 44.3 Å². The van der Waals surface area contributed by atoms with E-state index in [9.17, 15) is 22.8 Å². The highest BCUT2D eigenvalue weighted by molar-refractivity contribution is 7.89. The van der Waals surface area contributed by atoms with Gasteiger partial charge in [-0.2, -0.15) is 4.31 Å². The molecule has 0 aliphatic carbocycles. The number of hydrogen-bond donors (Lipinski definition) is 2. The third-order valence-corrected chi connectivity index (χ3v) is 7.52. The Labute approximate surface area is 184 Å². The minimum absolute atomic E-state index is 0.0948. The zero-order valence-corrected chi connectivity index (χ0v) is 18.7. The topological polar surface area (TPSA) is 122 Å². The maximum Gasteiger partial charge on any atom is 0.414 e. The highest BCUT2D eigenvalue weighted by atomic mass is 32.2. The zero-order chi connectivity index (χ0) is 22.6. The van der Waals surface area contributed by atoms with Crippen molar-refractivity contribution in [1.29, 1.82) is 0 Å². The van der Waals surface area contributed by atoms with Crippen LogP contribution in [0.2, 0.25) is 0 Å². The largest absolute Gasteiger partial charge is 0.450 e. The van der Waals surface area contributed by atoms with Gasteiger partial charge >= 0.3 is 6.09 Å². The molecule has 2 heterocycles. The van der Waals surface area contributed by atoms with E-state index >= 15 is 0 Å². The van der Waals surface area contributed by atoms with Gasteiger partial charge in [0, 0.05) is 6.54 Å². The minimum Gasteiger partial charge on any atom is -0.450 e. The number of nitrogens with one attached hydrogen (secondary N) is 2. The van der Waals surface area contributed by atoms with Crippen LogP contribution in [0.4, 0.5) is 9.80 Å². The normalized spacial score (nSPS) is 16.6. The molecule has 1 saturated heterocycles. The summed E-state index contributed by atoms with van der Waals surface area (Å²) in [7, 11) is -3.84. The number of rotatable bonds is 6. The van der Waals surface area contributed by atoms with Gasteiger partial charge in [0.15, 0.2) is 0 Å². The van der Waals surface area contributed by atoms with Crippen LogP contribution in [0.25, 0.3) is 0 Å². The lowest BCUT2D eigenvalue weighted by Crippen LogP contribution is -2.43. The molecule has 3 amide bonds.